The second-order valence-electron chi connectivity index (χ2n) is 10.9. The normalized spacial score (nSPS) is 19.4. The van der Waals surface area contributed by atoms with Crippen LogP contribution in [-0.2, 0) is 24.3 Å². The molecular weight excluding hydrogens is 588 g/mol. The molecule has 0 saturated heterocycles. The quantitative estimate of drug-likeness (QED) is 0.308. The van der Waals surface area contributed by atoms with Gasteiger partial charge in [-0.3, -0.25) is 9.59 Å². The summed E-state index contributed by atoms with van der Waals surface area (Å²) in [4.78, 5) is 26.8. The Kier molecular flexibility index (Phi) is 10.4. The molecular formula is C32H38N2O9S. The highest BCUT2D eigenvalue weighted by atomic mass is 32.2. The van der Waals surface area contributed by atoms with Crippen LogP contribution in [0.4, 0.5) is 0 Å². The second-order valence-corrected chi connectivity index (χ2v) is 12.9. The van der Waals surface area contributed by atoms with Crippen molar-refractivity contribution in [2.45, 2.75) is 61.7 Å². The van der Waals surface area contributed by atoms with Crippen LogP contribution in [0.5, 0.6) is 5.75 Å². The zero-order valence-corrected chi connectivity index (χ0v) is 25.5. The van der Waals surface area contributed by atoms with Crippen molar-refractivity contribution in [3.63, 3.8) is 0 Å². The lowest BCUT2D eigenvalue weighted by Gasteiger charge is -2.31. The summed E-state index contributed by atoms with van der Waals surface area (Å²) in [7, 11) is -2.45. The predicted octanol–water partition coefficient (Wildman–Crippen LogP) is 3.66. The van der Waals surface area contributed by atoms with Gasteiger partial charge in [0.1, 0.15) is 11.3 Å². The Morgan fingerprint density at radius 3 is 2.55 bits per heavy atom. The molecule has 0 radical (unpaired) electrons. The average Bonchev–Trinajstić information content (AvgIpc) is 3.05. The van der Waals surface area contributed by atoms with Crippen LogP contribution in [0.15, 0.2) is 80.7 Å². The molecule has 11 nitrogen and oxygen atoms in total. The van der Waals surface area contributed by atoms with E-state index in [1.54, 1.807) is 42.5 Å². The van der Waals surface area contributed by atoms with Gasteiger partial charge < -0.3 is 29.1 Å². The van der Waals surface area contributed by atoms with Crippen molar-refractivity contribution in [3.8, 4) is 5.75 Å². The standard InChI is InChI=1S/C32H38N2O9S/c1-40-24-11-13-25(14-12-24)44(38,39)34(15-17-35)16-18-41-30-20-22(27-21-42-28-10-6-5-9-26(28)31(27)36)19-29(43-30)32(37)33-23-7-3-2-4-8-23/h5-6,9-14,19,21-23,30,35H,2-4,7-8,15-18,20H2,1H3,(H,33,37)/t22-,30+/m0/s1. The number of nitrogens with one attached hydrogen (secondary N) is 1. The first kappa shape index (κ1) is 31.7. The van der Waals surface area contributed by atoms with Crippen molar-refractivity contribution in [1.29, 1.82) is 0 Å². The third-order valence-corrected chi connectivity index (χ3v) is 9.93. The molecule has 2 heterocycles. The molecule has 2 atom stereocenters. The van der Waals surface area contributed by atoms with Crippen LogP contribution in [0.25, 0.3) is 11.0 Å². The number of sulfonamides is 1. The van der Waals surface area contributed by atoms with Crippen molar-refractivity contribution in [2.75, 3.05) is 33.4 Å². The fourth-order valence-electron chi connectivity index (χ4n) is 5.63. The zero-order valence-electron chi connectivity index (χ0n) is 24.6. The number of rotatable bonds is 12. The molecule has 2 aliphatic rings. The zero-order chi connectivity index (χ0) is 31.1. The highest BCUT2D eigenvalue weighted by Crippen LogP contribution is 2.31. The van der Waals surface area contributed by atoms with Gasteiger partial charge in [-0.25, -0.2) is 8.42 Å². The van der Waals surface area contributed by atoms with E-state index in [4.69, 9.17) is 18.6 Å². The molecule has 3 aromatic rings. The number of aliphatic hydroxyl groups is 1. The monoisotopic (exact) mass is 626 g/mol. The number of nitrogens with zero attached hydrogens (tertiary/aromatic N) is 1. The molecule has 44 heavy (non-hydrogen) atoms. The Hall–Kier alpha value is -3.71. The fourth-order valence-corrected chi connectivity index (χ4v) is 7.05. The van der Waals surface area contributed by atoms with Gasteiger partial charge >= 0.3 is 0 Å². The minimum Gasteiger partial charge on any atom is -0.497 e. The predicted molar refractivity (Wildman–Crippen MR) is 163 cm³/mol. The number of carbonyl (C=O) groups excluding carboxylic acids is 1. The number of amides is 1. The van der Waals surface area contributed by atoms with Gasteiger partial charge in [-0.15, -0.1) is 0 Å². The van der Waals surface area contributed by atoms with Crippen molar-refractivity contribution < 1.29 is 36.9 Å². The maximum absolute atomic E-state index is 13.4. The summed E-state index contributed by atoms with van der Waals surface area (Å²) in [5.74, 6) is -0.369. The number of carbonyl (C=O) groups is 1. The third-order valence-electron chi connectivity index (χ3n) is 8.02. The van der Waals surface area contributed by atoms with E-state index in [0.717, 1.165) is 36.4 Å². The van der Waals surface area contributed by atoms with E-state index in [-0.39, 0.29) is 60.8 Å². The number of allylic oxidation sites excluding steroid dienone is 1. The summed E-state index contributed by atoms with van der Waals surface area (Å²) in [6, 6.07) is 13.0. The lowest BCUT2D eigenvalue weighted by molar-refractivity contribution is -0.147. The van der Waals surface area contributed by atoms with Crippen LogP contribution in [0.3, 0.4) is 0 Å². The maximum atomic E-state index is 13.4. The summed E-state index contributed by atoms with van der Waals surface area (Å²) in [5.41, 5.74) is 0.621. The number of hydrogen-bond donors (Lipinski definition) is 2. The molecule has 1 aromatic heterocycles. The van der Waals surface area contributed by atoms with E-state index in [0.29, 0.717) is 22.3 Å². The molecule has 12 heteroatoms. The van der Waals surface area contributed by atoms with Crippen LogP contribution in [0, 0.1) is 0 Å². The molecule has 2 aromatic carbocycles. The third kappa shape index (κ3) is 7.32. The van der Waals surface area contributed by atoms with Crippen LogP contribution < -0.4 is 15.5 Å². The maximum Gasteiger partial charge on any atom is 0.286 e. The summed E-state index contributed by atoms with van der Waals surface area (Å²) in [6.45, 7) is -0.691. The Bertz CT molecular complexity index is 1630. The molecule has 1 aliphatic carbocycles. The van der Waals surface area contributed by atoms with Crippen LogP contribution in [-0.4, -0.2) is 69.5 Å². The van der Waals surface area contributed by atoms with Crippen LogP contribution in [0.2, 0.25) is 0 Å². The number of ether oxygens (including phenoxy) is 3. The van der Waals surface area contributed by atoms with E-state index in [9.17, 15) is 23.1 Å². The van der Waals surface area contributed by atoms with E-state index < -0.39 is 22.2 Å². The highest BCUT2D eigenvalue weighted by molar-refractivity contribution is 7.89. The van der Waals surface area contributed by atoms with E-state index in [1.807, 2.05) is 0 Å². The average molecular weight is 627 g/mol. The van der Waals surface area contributed by atoms with Crippen LogP contribution in [0.1, 0.15) is 50.0 Å². The van der Waals surface area contributed by atoms with Crippen molar-refractivity contribution >= 4 is 26.9 Å². The SMILES string of the molecule is COc1ccc(S(=O)(=O)N(CCO)CCO[C@H]2C[C@@H](c3coc4ccccc4c3=O)C=C(C(=O)NC3CCCCC3)O2)cc1. The smallest absolute Gasteiger partial charge is 0.286 e. The number of benzene rings is 2. The molecule has 2 N–H and O–H groups in total. The van der Waals surface area contributed by atoms with E-state index >= 15 is 0 Å². The number of para-hydroxylation sites is 1. The summed E-state index contributed by atoms with van der Waals surface area (Å²) in [5, 5.41) is 13.1. The van der Waals surface area contributed by atoms with Gasteiger partial charge in [-0.1, -0.05) is 31.4 Å². The van der Waals surface area contributed by atoms with Gasteiger partial charge in [0.05, 0.1) is 36.9 Å². The molecule has 5 rings (SSSR count). The summed E-state index contributed by atoms with van der Waals surface area (Å²) >= 11 is 0. The molecule has 0 spiro atoms. The topological polar surface area (TPSA) is 145 Å². The summed E-state index contributed by atoms with van der Waals surface area (Å²) in [6.07, 6.45) is 7.31. The lowest BCUT2D eigenvalue weighted by Crippen LogP contribution is -2.40. The van der Waals surface area contributed by atoms with Gasteiger partial charge in [0.2, 0.25) is 16.3 Å². The van der Waals surface area contributed by atoms with Crippen LogP contribution >= 0.6 is 0 Å². The van der Waals surface area contributed by atoms with Gasteiger partial charge in [-0.2, -0.15) is 4.31 Å². The fraction of sp³-hybridized carbons (Fsp3) is 0.438. The first-order valence-corrected chi connectivity index (χ1v) is 16.3. The molecule has 0 bridgehead atoms. The molecule has 1 aliphatic heterocycles. The lowest BCUT2D eigenvalue weighted by atomic mass is 9.92. The van der Waals surface area contributed by atoms with Gasteiger partial charge in [0, 0.05) is 37.0 Å². The first-order chi connectivity index (χ1) is 21.3. The Balaban J connectivity index is 1.33. The second kappa shape index (κ2) is 14.4. The Labute approximate surface area is 256 Å². The molecule has 0 unspecified atom stereocenters. The minimum atomic E-state index is -3.94. The van der Waals surface area contributed by atoms with Crippen molar-refractivity contribution in [1.82, 2.24) is 9.62 Å². The van der Waals surface area contributed by atoms with E-state index in [2.05, 4.69) is 5.32 Å². The first-order valence-electron chi connectivity index (χ1n) is 14.9. The van der Waals surface area contributed by atoms with E-state index in [1.165, 1.54) is 25.5 Å². The number of hydrogen-bond acceptors (Lipinski definition) is 9. The highest BCUT2D eigenvalue weighted by Gasteiger charge is 2.32. The number of methoxy groups -OCH3 is 1. The van der Waals surface area contributed by atoms with Crippen molar-refractivity contribution in [3.05, 3.63) is 82.4 Å². The molecule has 1 saturated carbocycles. The molecule has 1 amide bonds. The minimum absolute atomic E-state index is 0.0430. The van der Waals surface area contributed by atoms with Gasteiger partial charge in [0.15, 0.2) is 11.2 Å². The molecule has 236 valence electrons. The van der Waals surface area contributed by atoms with Gasteiger partial charge in [0.25, 0.3) is 5.91 Å². The van der Waals surface area contributed by atoms with Crippen molar-refractivity contribution in [2.24, 2.45) is 0 Å². The Morgan fingerprint density at radius 1 is 1.07 bits per heavy atom. The Morgan fingerprint density at radius 2 is 1.82 bits per heavy atom. The number of fused-ring (bicyclic) bond motifs is 1. The van der Waals surface area contributed by atoms with Gasteiger partial charge in [-0.05, 0) is 55.3 Å². The molecule has 1 fully saturated rings. The summed E-state index contributed by atoms with van der Waals surface area (Å²) < 4.78 is 50.5. The number of aliphatic hydroxyl groups excluding tert-OH is 1. The largest absolute Gasteiger partial charge is 0.497 e.